The molecule has 2 saturated heterocycles. The number of amides is 4. The third kappa shape index (κ3) is 8.72. The van der Waals surface area contributed by atoms with Crippen LogP contribution in [-0.2, 0) is 22.8 Å². The van der Waals surface area contributed by atoms with Gasteiger partial charge in [-0.1, -0.05) is 11.6 Å². The first-order valence-corrected chi connectivity index (χ1v) is 18.0. The Bertz CT molecular complexity index is 2130. The molecule has 20 heteroatoms. The standard InChI is InChI=1S/C36H40ClF3N10O6/c1-35(2,3)56-34(54)49-12-9-21(10-13-49)31(52)47-14-16-48(17-15-47)32(53)23-7-6-22(18-25(23)37)43-30(51)29-42-19-26(46(29)4)24-20-50(45-28(24)36(38,39)40)27-8-11-41-33(44-27)55-5/h6-8,11,18-21H,9-10,12-17H2,1-5H3,(H,43,51). The van der Waals surface area contributed by atoms with E-state index in [2.05, 4.69) is 25.4 Å². The van der Waals surface area contributed by atoms with Crippen molar-refractivity contribution in [1.82, 2.24) is 44.0 Å². The SMILES string of the molecule is COc1nccc(-n2cc(-c3cnc(C(=O)Nc4ccc(C(=O)N5CCN(C(=O)C6CCN(C(=O)OC(C)(C)C)CC6)CC5)c(Cl)c4)n3C)c(C(F)(F)F)n2)n1. The van der Waals surface area contributed by atoms with Gasteiger partial charge >= 0.3 is 18.3 Å². The Hall–Kier alpha value is -5.72. The van der Waals surface area contributed by atoms with Crippen LogP contribution in [0.5, 0.6) is 6.01 Å². The fraction of sp³-hybridized carbons (Fsp3) is 0.444. The van der Waals surface area contributed by atoms with Crippen LogP contribution in [0.15, 0.2) is 42.9 Å². The van der Waals surface area contributed by atoms with E-state index in [-0.39, 0.29) is 69.0 Å². The molecule has 16 nitrogen and oxygen atoms in total. The number of anilines is 1. The quantitative estimate of drug-likeness (QED) is 0.271. The Balaban J connectivity index is 1.06. The highest BCUT2D eigenvalue weighted by atomic mass is 35.5. The summed E-state index contributed by atoms with van der Waals surface area (Å²) in [4.78, 5) is 69.4. The molecule has 0 radical (unpaired) electrons. The number of piperidine rings is 1. The fourth-order valence-electron chi connectivity index (χ4n) is 6.46. The lowest BCUT2D eigenvalue weighted by Gasteiger charge is -2.38. The molecule has 2 fully saturated rings. The minimum atomic E-state index is -4.85. The number of imidazole rings is 1. The van der Waals surface area contributed by atoms with Gasteiger partial charge in [-0.3, -0.25) is 14.4 Å². The third-order valence-corrected chi connectivity index (χ3v) is 9.63. The van der Waals surface area contributed by atoms with Crippen LogP contribution in [0.1, 0.15) is 60.3 Å². The summed E-state index contributed by atoms with van der Waals surface area (Å²) >= 11 is 6.52. The average molecular weight is 801 g/mol. The van der Waals surface area contributed by atoms with Crippen molar-refractivity contribution in [2.24, 2.45) is 13.0 Å². The molecule has 3 aromatic heterocycles. The maximum atomic E-state index is 14.1. The Labute approximate surface area is 324 Å². The second kappa shape index (κ2) is 15.8. The van der Waals surface area contributed by atoms with Crippen molar-refractivity contribution in [2.45, 2.75) is 45.4 Å². The molecular weight excluding hydrogens is 761 g/mol. The normalized spacial score (nSPS) is 15.5. The monoisotopic (exact) mass is 800 g/mol. The van der Waals surface area contributed by atoms with Crippen LogP contribution in [0.3, 0.4) is 0 Å². The number of alkyl halides is 3. The predicted molar refractivity (Wildman–Crippen MR) is 195 cm³/mol. The molecule has 0 saturated carbocycles. The van der Waals surface area contributed by atoms with Crippen LogP contribution in [-0.4, -0.2) is 120 Å². The van der Waals surface area contributed by atoms with Crippen molar-refractivity contribution in [3.63, 3.8) is 0 Å². The number of halogens is 4. The zero-order chi connectivity index (χ0) is 40.5. The topological polar surface area (TPSA) is 170 Å². The van der Waals surface area contributed by atoms with Gasteiger partial charge in [-0.15, -0.1) is 0 Å². The molecule has 4 amide bonds. The number of hydrogen-bond acceptors (Lipinski definition) is 10. The molecule has 4 aromatic rings. The van der Waals surface area contributed by atoms with Crippen molar-refractivity contribution >= 4 is 41.1 Å². The maximum Gasteiger partial charge on any atom is 0.435 e. The summed E-state index contributed by atoms with van der Waals surface area (Å²) in [6.45, 7) is 7.54. The van der Waals surface area contributed by atoms with E-state index in [1.54, 1.807) is 35.5 Å². The summed E-state index contributed by atoms with van der Waals surface area (Å²) in [5, 5.41) is 6.40. The van der Waals surface area contributed by atoms with Gasteiger partial charge < -0.3 is 34.1 Å². The molecular formula is C36H40ClF3N10O6. The van der Waals surface area contributed by atoms with E-state index in [1.165, 1.54) is 49.2 Å². The van der Waals surface area contributed by atoms with Crippen LogP contribution in [0.4, 0.5) is 23.7 Å². The highest BCUT2D eigenvalue weighted by molar-refractivity contribution is 6.34. The van der Waals surface area contributed by atoms with E-state index in [9.17, 15) is 32.3 Å². The molecule has 0 unspecified atom stereocenters. The van der Waals surface area contributed by atoms with Gasteiger partial charge in [-0.25, -0.2) is 19.4 Å². The van der Waals surface area contributed by atoms with Crippen LogP contribution < -0.4 is 10.1 Å². The van der Waals surface area contributed by atoms with Gasteiger partial charge in [0.25, 0.3) is 11.8 Å². The number of rotatable bonds is 7. The minimum absolute atomic E-state index is 0.00180. The number of aromatic nitrogens is 6. The largest absolute Gasteiger partial charge is 0.467 e. The summed E-state index contributed by atoms with van der Waals surface area (Å²) in [6.07, 6.45) is -0.619. The molecule has 0 atom stereocenters. The number of piperazine rings is 1. The van der Waals surface area contributed by atoms with Crippen LogP contribution in [0.2, 0.25) is 5.02 Å². The second-order valence-electron chi connectivity index (χ2n) is 14.3. The van der Waals surface area contributed by atoms with Crippen molar-refractivity contribution in [1.29, 1.82) is 0 Å². The lowest BCUT2D eigenvalue weighted by Crippen LogP contribution is -2.53. The number of likely N-dealkylation sites (tertiary alicyclic amines) is 1. The number of benzene rings is 1. The Morgan fingerprint density at radius 1 is 0.929 bits per heavy atom. The first-order chi connectivity index (χ1) is 26.4. The lowest BCUT2D eigenvalue weighted by molar-refractivity contribution is -0.141. The highest BCUT2D eigenvalue weighted by Crippen LogP contribution is 2.37. The molecule has 56 heavy (non-hydrogen) atoms. The van der Waals surface area contributed by atoms with Crippen LogP contribution >= 0.6 is 11.6 Å². The number of nitrogens with one attached hydrogen (secondary N) is 1. The number of carbonyl (C=O) groups is 4. The zero-order valence-electron chi connectivity index (χ0n) is 31.3. The average Bonchev–Trinajstić information content (AvgIpc) is 3.78. The van der Waals surface area contributed by atoms with Crippen molar-refractivity contribution < 1.29 is 41.8 Å². The first kappa shape index (κ1) is 40.0. The Morgan fingerprint density at radius 2 is 1.61 bits per heavy atom. The summed E-state index contributed by atoms with van der Waals surface area (Å²) in [5.74, 6) is -1.50. The number of ether oxygens (including phenoxy) is 2. The molecule has 298 valence electrons. The molecule has 2 aliphatic rings. The van der Waals surface area contributed by atoms with Gasteiger partial charge in [-0.2, -0.15) is 23.3 Å². The number of carbonyl (C=O) groups excluding carboxylic acids is 4. The van der Waals surface area contributed by atoms with Gasteiger partial charge in [0, 0.05) is 76.4 Å². The van der Waals surface area contributed by atoms with E-state index in [0.717, 1.165) is 17.1 Å². The number of hydrogen-bond donors (Lipinski definition) is 1. The molecule has 0 bridgehead atoms. The molecule has 1 aromatic carbocycles. The first-order valence-electron chi connectivity index (χ1n) is 17.7. The van der Waals surface area contributed by atoms with Crippen molar-refractivity contribution in [3.8, 4) is 23.1 Å². The molecule has 0 spiro atoms. The molecule has 5 heterocycles. The summed E-state index contributed by atoms with van der Waals surface area (Å²) in [7, 11) is 2.71. The maximum absolute atomic E-state index is 14.1. The Kier molecular flexibility index (Phi) is 11.3. The fourth-order valence-corrected chi connectivity index (χ4v) is 6.73. The van der Waals surface area contributed by atoms with Gasteiger partial charge in [0.15, 0.2) is 17.3 Å². The van der Waals surface area contributed by atoms with Gasteiger partial charge in [0.1, 0.15) is 5.60 Å². The number of nitrogens with zero attached hydrogens (tertiary/aromatic N) is 9. The van der Waals surface area contributed by atoms with Crippen LogP contribution in [0, 0.1) is 5.92 Å². The molecule has 6 rings (SSSR count). The lowest BCUT2D eigenvalue weighted by atomic mass is 9.95. The molecule has 1 N–H and O–H groups in total. The van der Waals surface area contributed by atoms with Gasteiger partial charge in [-0.05, 0) is 51.8 Å². The van der Waals surface area contributed by atoms with Gasteiger partial charge in [0.2, 0.25) is 5.91 Å². The summed E-state index contributed by atoms with van der Waals surface area (Å²) < 4.78 is 54.9. The third-order valence-electron chi connectivity index (χ3n) is 9.32. The van der Waals surface area contributed by atoms with E-state index in [0.29, 0.717) is 52.1 Å². The minimum Gasteiger partial charge on any atom is -0.467 e. The van der Waals surface area contributed by atoms with Gasteiger partial charge in [0.05, 0.1) is 35.2 Å². The van der Waals surface area contributed by atoms with E-state index in [1.807, 2.05) is 0 Å². The smallest absolute Gasteiger partial charge is 0.435 e. The van der Waals surface area contributed by atoms with Crippen molar-refractivity contribution in [2.75, 3.05) is 51.7 Å². The molecule has 0 aliphatic carbocycles. The second-order valence-corrected chi connectivity index (χ2v) is 14.7. The zero-order valence-corrected chi connectivity index (χ0v) is 32.0. The summed E-state index contributed by atoms with van der Waals surface area (Å²) in [6, 6.07) is 5.63. The summed E-state index contributed by atoms with van der Waals surface area (Å²) in [5.41, 5.74) is -1.80. The van der Waals surface area contributed by atoms with E-state index in [4.69, 9.17) is 21.1 Å². The molecule has 2 aliphatic heterocycles. The van der Waals surface area contributed by atoms with Crippen molar-refractivity contribution in [3.05, 3.63) is 65.0 Å². The highest BCUT2D eigenvalue weighted by Gasteiger charge is 2.39. The Morgan fingerprint density at radius 3 is 2.23 bits per heavy atom. The predicted octanol–water partition coefficient (Wildman–Crippen LogP) is 4.93. The van der Waals surface area contributed by atoms with E-state index < -0.39 is 23.4 Å². The van der Waals surface area contributed by atoms with Crippen LogP contribution in [0.25, 0.3) is 17.1 Å². The van der Waals surface area contributed by atoms with E-state index >= 15 is 0 Å². The number of methoxy groups -OCH3 is 1.